The van der Waals surface area contributed by atoms with Crippen molar-refractivity contribution in [2.45, 2.75) is 38.6 Å². The average molecular weight is 332 g/mol. The van der Waals surface area contributed by atoms with Gasteiger partial charge in [0.15, 0.2) is 0 Å². The van der Waals surface area contributed by atoms with Gasteiger partial charge in [0.25, 0.3) is 0 Å². The number of amides is 1. The Morgan fingerprint density at radius 1 is 1.35 bits per heavy atom. The zero-order chi connectivity index (χ0) is 16.0. The van der Waals surface area contributed by atoms with Crippen molar-refractivity contribution in [3.63, 3.8) is 0 Å². The fourth-order valence-electron chi connectivity index (χ4n) is 3.54. The minimum Gasteiger partial charge on any atom is -0.377 e. The number of fused-ring (bicyclic) bond motifs is 3. The fraction of sp³-hybridized carbons (Fsp3) is 0.562. The summed E-state index contributed by atoms with van der Waals surface area (Å²) in [6.07, 6.45) is 4.63. The molecule has 1 saturated heterocycles. The standard InChI is InChI=1S/C16H20N4O2S/c1-9-18-15(20-6-7-22-8-11(20)14(17)21)13-10-4-2-3-5-12(10)23-16(13)19-9/h11H,2-8H2,1H3,(H2,17,21). The van der Waals surface area contributed by atoms with E-state index in [1.165, 1.54) is 23.3 Å². The molecule has 1 atom stereocenters. The molecule has 0 aromatic carbocycles. The summed E-state index contributed by atoms with van der Waals surface area (Å²) in [5.41, 5.74) is 6.96. The monoisotopic (exact) mass is 332 g/mol. The lowest BCUT2D eigenvalue weighted by atomic mass is 9.96. The van der Waals surface area contributed by atoms with Crippen LogP contribution in [0.4, 0.5) is 5.82 Å². The Hall–Kier alpha value is -1.73. The number of rotatable bonds is 2. The number of nitrogens with two attached hydrogens (primary N) is 1. The summed E-state index contributed by atoms with van der Waals surface area (Å²) in [6.45, 7) is 3.44. The Morgan fingerprint density at radius 2 is 2.17 bits per heavy atom. The van der Waals surface area contributed by atoms with E-state index >= 15 is 0 Å². The fourth-order valence-corrected chi connectivity index (χ4v) is 4.84. The molecule has 1 fully saturated rings. The number of morpholine rings is 1. The zero-order valence-corrected chi connectivity index (χ0v) is 14.0. The smallest absolute Gasteiger partial charge is 0.242 e. The van der Waals surface area contributed by atoms with Crippen LogP contribution in [0.3, 0.4) is 0 Å². The maximum absolute atomic E-state index is 11.8. The van der Waals surface area contributed by atoms with Gasteiger partial charge in [-0.05, 0) is 38.2 Å². The van der Waals surface area contributed by atoms with Crippen LogP contribution in [0.15, 0.2) is 0 Å². The Balaban J connectivity index is 1.91. The van der Waals surface area contributed by atoms with Crippen molar-refractivity contribution in [3.8, 4) is 0 Å². The topological polar surface area (TPSA) is 81.3 Å². The summed E-state index contributed by atoms with van der Waals surface area (Å²) in [5.74, 6) is 1.23. The van der Waals surface area contributed by atoms with E-state index in [1.54, 1.807) is 11.3 Å². The summed E-state index contributed by atoms with van der Waals surface area (Å²) in [4.78, 5) is 25.7. The van der Waals surface area contributed by atoms with E-state index in [0.29, 0.717) is 19.8 Å². The summed E-state index contributed by atoms with van der Waals surface area (Å²) in [6, 6.07) is -0.458. The van der Waals surface area contributed by atoms with Crippen molar-refractivity contribution in [1.82, 2.24) is 9.97 Å². The van der Waals surface area contributed by atoms with Crippen LogP contribution in [0.25, 0.3) is 10.2 Å². The molecule has 0 bridgehead atoms. The normalized spacial score (nSPS) is 21.4. The van der Waals surface area contributed by atoms with Crippen molar-refractivity contribution in [3.05, 3.63) is 16.3 Å². The van der Waals surface area contributed by atoms with Gasteiger partial charge in [0.2, 0.25) is 5.91 Å². The minimum atomic E-state index is -0.458. The van der Waals surface area contributed by atoms with Gasteiger partial charge in [-0.25, -0.2) is 9.97 Å². The van der Waals surface area contributed by atoms with Crippen molar-refractivity contribution in [1.29, 1.82) is 0 Å². The third kappa shape index (κ3) is 2.48. The lowest BCUT2D eigenvalue weighted by molar-refractivity contribution is -0.121. The van der Waals surface area contributed by atoms with E-state index in [9.17, 15) is 4.79 Å². The summed E-state index contributed by atoms with van der Waals surface area (Å²) >= 11 is 1.78. The minimum absolute atomic E-state index is 0.326. The molecule has 23 heavy (non-hydrogen) atoms. The van der Waals surface area contributed by atoms with Gasteiger partial charge in [-0.1, -0.05) is 0 Å². The van der Waals surface area contributed by atoms with Crippen molar-refractivity contribution in [2.24, 2.45) is 5.73 Å². The largest absolute Gasteiger partial charge is 0.377 e. The van der Waals surface area contributed by atoms with Crippen LogP contribution in [-0.2, 0) is 22.4 Å². The maximum atomic E-state index is 11.8. The summed E-state index contributed by atoms with van der Waals surface area (Å²) in [5, 5.41) is 1.13. The number of carbonyl (C=O) groups excluding carboxylic acids is 1. The molecule has 2 aliphatic rings. The second kappa shape index (κ2) is 5.72. The number of thiophene rings is 1. The first-order valence-electron chi connectivity index (χ1n) is 8.07. The molecular weight excluding hydrogens is 312 g/mol. The number of nitrogens with zero attached hydrogens (tertiary/aromatic N) is 3. The molecule has 7 heteroatoms. The summed E-state index contributed by atoms with van der Waals surface area (Å²) in [7, 11) is 0. The molecule has 1 aliphatic carbocycles. The van der Waals surface area contributed by atoms with Crippen LogP contribution in [0.2, 0.25) is 0 Å². The van der Waals surface area contributed by atoms with Gasteiger partial charge in [0, 0.05) is 11.4 Å². The highest BCUT2D eigenvalue weighted by Crippen LogP contribution is 2.40. The SMILES string of the molecule is Cc1nc(N2CCOCC2C(N)=O)c2c3c(sc2n1)CCCC3. The van der Waals surface area contributed by atoms with Gasteiger partial charge in [0.05, 0.1) is 18.6 Å². The maximum Gasteiger partial charge on any atom is 0.242 e. The second-order valence-electron chi connectivity index (χ2n) is 6.17. The van der Waals surface area contributed by atoms with E-state index in [0.717, 1.165) is 34.7 Å². The van der Waals surface area contributed by atoms with Gasteiger partial charge < -0.3 is 15.4 Å². The molecule has 122 valence electrons. The van der Waals surface area contributed by atoms with Crippen LogP contribution in [-0.4, -0.2) is 41.7 Å². The Kier molecular flexibility index (Phi) is 3.69. The van der Waals surface area contributed by atoms with Crippen LogP contribution in [0, 0.1) is 6.92 Å². The van der Waals surface area contributed by atoms with Gasteiger partial charge in [-0.15, -0.1) is 11.3 Å². The van der Waals surface area contributed by atoms with Crippen LogP contribution < -0.4 is 10.6 Å². The van der Waals surface area contributed by atoms with E-state index in [1.807, 2.05) is 11.8 Å². The summed E-state index contributed by atoms with van der Waals surface area (Å²) < 4.78 is 5.45. The molecular formula is C16H20N4O2S. The molecule has 0 saturated carbocycles. The molecule has 3 heterocycles. The van der Waals surface area contributed by atoms with Crippen molar-refractivity contribution < 1.29 is 9.53 Å². The highest BCUT2D eigenvalue weighted by Gasteiger charge is 2.32. The molecule has 1 unspecified atom stereocenters. The first-order chi connectivity index (χ1) is 11.1. The lowest BCUT2D eigenvalue weighted by Gasteiger charge is -2.35. The highest BCUT2D eigenvalue weighted by molar-refractivity contribution is 7.19. The lowest BCUT2D eigenvalue weighted by Crippen LogP contribution is -2.53. The Labute approximate surface area is 138 Å². The molecule has 2 N–H and O–H groups in total. The number of aryl methyl sites for hydroxylation is 3. The number of aromatic nitrogens is 2. The predicted molar refractivity (Wildman–Crippen MR) is 89.9 cm³/mol. The van der Waals surface area contributed by atoms with Crippen molar-refractivity contribution >= 4 is 33.3 Å². The van der Waals surface area contributed by atoms with Crippen LogP contribution >= 0.6 is 11.3 Å². The molecule has 6 nitrogen and oxygen atoms in total. The molecule has 2 aromatic rings. The van der Waals surface area contributed by atoms with Crippen molar-refractivity contribution in [2.75, 3.05) is 24.7 Å². The van der Waals surface area contributed by atoms with E-state index in [2.05, 4.69) is 4.98 Å². The number of carbonyl (C=O) groups is 1. The molecule has 1 aliphatic heterocycles. The number of primary amides is 1. The second-order valence-corrected chi connectivity index (χ2v) is 7.26. The molecule has 0 spiro atoms. The Morgan fingerprint density at radius 3 is 3.00 bits per heavy atom. The first-order valence-corrected chi connectivity index (χ1v) is 8.89. The quantitative estimate of drug-likeness (QED) is 0.903. The zero-order valence-electron chi connectivity index (χ0n) is 13.2. The average Bonchev–Trinajstić information content (AvgIpc) is 2.92. The number of ether oxygens (including phenoxy) is 1. The van der Waals surface area contributed by atoms with E-state index in [4.69, 9.17) is 15.5 Å². The first kappa shape index (κ1) is 14.8. The Bertz CT molecular complexity index is 773. The number of hydrogen-bond acceptors (Lipinski definition) is 6. The van der Waals surface area contributed by atoms with Gasteiger partial charge in [0.1, 0.15) is 22.5 Å². The molecule has 4 rings (SSSR count). The van der Waals surface area contributed by atoms with E-state index in [-0.39, 0.29) is 5.91 Å². The highest BCUT2D eigenvalue weighted by atomic mass is 32.1. The number of anilines is 1. The predicted octanol–water partition coefficient (Wildman–Crippen LogP) is 1.57. The van der Waals surface area contributed by atoms with Gasteiger partial charge >= 0.3 is 0 Å². The third-order valence-corrected chi connectivity index (χ3v) is 5.82. The number of hydrogen-bond donors (Lipinski definition) is 1. The van der Waals surface area contributed by atoms with E-state index < -0.39 is 6.04 Å². The van der Waals surface area contributed by atoms with Gasteiger partial charge in [-0.2, -0.15) is 0 Å². The van der Waals surface area contributed by atoms with Crippen LogP contribution in [0.5, 0.6) is 0 Å². The molecule has 0 radical (unpaired) electrons. The van der Waals surface area contributed by atoms with Gasteiger partial charge in [-0.3, -0.25) is 4.79 Å². The third-order valence-electron chi connectivity index (χ3n) is 4.64. The molecule has 2 aromatic heterocycles. The molecule has 1 amide bonds. The van der Waals surface area contributed by atoms with Crippen LogP contribution in [0.1, 0.15) is 29.1 Å².